The van der Waals surface area contributed by atoms with Crippen LogP contribution < -0.4 is 10.6 Å². The molecule has 1 aromatic carbocycles. The van der Waals surface area contributed by atoms with Crippen LogP contribution in [0.4, 0.5) is 5.13 Å². The molecule has 0 unspecified atom stereocenters. The highest BCUT2D eigenvalue weighted by Crippen LogP contribution is 2.19. The summed E-state index contributed by atoms with van der Waals surface area (Å²) in [5, 5.41) is 3.13. The molecular weight excluding hydrogens is 471 g/mol. The number of thiazole rings is 1. The molecule has 0 amide bonds. The molecule has 2 N–H and O–H groups in total. The molecule has 2 aliphatic rings. The molecule has 2 aliphatic heterocycles. The zero-order chi connectivity index (χ0) is 17.8. The van der Waals surface area contributed by atoms with Gasteiger partial charge in [-0.3, -0.25) is 9.89 Å². The summed E-state index contributed by atoms with van der Waals surface area (Å²) in [5.41, 5.74) is 9.17. The van der Waals surface area contributed by atoms with Crippen molar-refractivity contribution in [3.8, 4) is 0 Å². The van der Waals surface area contributed by atoms with E-state index < -0.39 is 0 Å². The lowest BCUT2D eigenvalue weighted by Crippen LogP contribution is -2.51. The van der Waals surface area contributed by atoms with Gasteiger partial charge in [0.05, 0.1) is 6.54 Å². The number of rotatable bonds is 4. The molecule has 8 heteroatoms. The highest BCUT2D eigenvalue weighted by Gasteiger charge is 2.20. The summed E-state index contributed by atoms with van der Waals surface area (Å²) >= 11 is 1.69. The third kappa shape index (κ3) is 5.11. The zero-order valence-corrected chi connectivity index (χ0v) is 18.6. The molecule has 0 bridgehead atoms. The van der Waals surface area contributed by atoms with Gasteiger partial charge in [0.1, 0.15) is 0 Å². The molecule has 146 valence electrons. The topological polar surface area (TPSA) is 61.0 Å². The van der Waals surface area contributed by atoms with Gasteiger partial charge in [0.15, 0.2) is 11.1 Å². The van der Waals surface area contributed by atoms with Gasteiger partial charge in [-0.05, 0) is 17.5 Å². The van der Waals surface area contributed by atoms with Crippen LogP contribution in [0.25, 0.3) is 0 Å². The Kier molecular flexibility index (Phi) is 7.31. The molecule has 3 heterocycles. The Balaban J connectivity index is 0.00000210. The van der Waals surface area contributed by atoms with Crippen molar-refractivity contribution in [1.82, 2.24) is 14.8 Å². The summed E-state index contributed by atoms with van der Waals surface area (Å²) in [4.78, 5) is 16.0. The van der Waals surface area contributed by atoms with Crippen molar-refractivity contribution < 1.29 is 0 Å². The lowest BCUT2D eigenvalue weighted by atomic mass is 10.0. The monoisotopic (exact) mass is 498 g/mol. The first-order valence-electron chi connectivity index (χ1n) is 9.28. The normalized spacial score (nSPS) is 18.1. The second kappa shape index (κ2) is 9.70. The minimum Gasteiger partial charge on any atom is -0.370 e. The maximum Gasteiger partial charge on any atom is 0.191 e. The second-order valence-electron chi connectivity index (χ2n) is 6.82. The fraction of sp³-hybridized carbons (Fsp3) is 0.474. The summed E-state index contributed by atoms with van der Waals surface area (Å²) in [7, 11) is 0. The number of aromatic nitrogens is 1. The van der Waals surface area contributed by atoms with Gasteiger partial charge >= 0.3 is 0 Å². The Bertz CT molecular complexity index is 742. The number of halogens is 1. The number of fused-ring (bicyclic) bond motifs is 1. The quantitative estimate of drug-likeness (QED) is 0.398. The zero-order valence-electron chi connectivity index (χ0n) is 15.5. The number of nitrogens with zero attached hydrogens (tertiary/aromatic N) is 5. The Labute approximate surface area is 182 Å². The lowest BCUT2D eigenvalue weighted by molar-refractivity contribution is 0.261. The second-order valence-corrected chi connectivity index (χ2v) is 7.70. The van der Waals surface area contributed by atoms with Gasteiger partial charge in [0.25, 0.3) is 0 Å². The number of nitrogens with two attached hydrogens (primary N) is 1. The van der Waals surface area contributed by atoms with Crippen molar-refractivity contribution in [2.24, 2.45) is 10.7 Å². The van der Waals surface area contributed by atoms with E-state index in [1.807, 2.05) is 11.6 Å². The SMILES string of the molecule is I.NC(=NCCN1CCc2ccccc2C1)N1CCN(c2nccs2)CC1. The Morgan fingerprint density at radius 3 is 2.63 bits per heavy atom. The standard InChI is InChI=1S/C19H26N6S.HI/c20-18(24-10-12-25(13-11-24)19-22-7-14-26-19)21-6-9-23-8-5-16-3-1-2-4-17(16)15-23;/h1-4,7,14H,5-6,8-13,15H2,(H2,20,21);1H. The van der Waals surface area contributed by atoms with E-state index in [4.69, 9.17) is 5.73 Å². The summed E-state index contributed by atoms with van der Waals surface area (Å²) in [6.45, 7) is 7.59. The average molecular weight is 498 g/mol. The van der Waals surface area contributed by atoms with Crippen LogP contribution in [-0.4, -0.2) is 66.6 Å². The van der Waals surface area contributed by atoms with E-state index in [-0.39, 0.29) is 24.0 Å². The summed E-state index contributed by atoms with van der Waals surface area (Å²) in [6, 6.07) is 8.74. The van der Waals surface area contributed by atoms with Gasteiger partial charge in [-0.25, -0.2) is 4.98 Å². The Hall–Kier alpha value is -1.39. The van der Waals surface area contributed by atoms with Gasteiger partial charge in [0.2, 0.25) is 0 Å². The molecular formula is C19H27IN6S. The van der Waals surface area contributed by atoms with Gasteiger partial charge in [-0.2, -0.15) is 0 Å². The highest BCUT2D eigenvalue weighted by atomic mass is 127. The summed E-state index contributed by atoms with van der Waals surface area (Å²) < 4.78 is 0. The van der Waals surface area contributed by atoms with Crippen LogP contribution in [0.1, 0.15) is 11.1 Å². The molecule has 1 aromatic heterocycles. The van der Waals surface area contributed by atoms with Crippen LogP contribution in [0.3, 0.4) is 0 Å². The summed E-state index contributed by atoms with van der Waals surface area (Å²) in [6.07, 6.45) is 3.00. The number of guanidine groups is 1. The smallest absolute Gasteiger partial charge is 0.191 e. The van der Waals surface area contributed by atoms with Gasteiger partial charge < -0.3 is 15.5 Å². The van der Waals surface area contributed by atoms with Crippen LogP contribution >= 0.6 is 35.3 Å². The first-order valence-corrected chi connectivity index (χ1v) is 10.2. The number of hydrogen-bond acceptors (Lipinski definition) is 5. The van der Waals surface area contributed by atoms with Crippen molar-refractivity contribution >= 4 is 46.4 Å². The largest absolute Gasteiger partial charge is 0.370 e. The van der Waals surface area contributed by atoms with Crippen LogP contribution in [0, 0.1) is 0 Å². The van der Waals surface area contributed by atoms with Crippen LogP contribution in [0.5, 0.6) is 0 Å². The van der Waals surface area contributed by atoms with E-state index in [1.165, 1.54) is 11.1 Å². The predicted octanol–water partition coefficient (Wildman–Crippen LogP) is 2.26. The van der Waals surface area contributed by atoms with Crippen molar-refractivity contribution in [2.45, 2.75) is 13.0 Å². The number of piperazine rings is 1. The van der Waals surface area contributed by atoms with Crippen LogP contribution in [0.2, 0.25) is 0 Å². The fourth-order valence-electron chi connectivity index (χ4n) is 3.65. The van der Waals surface area contributed by atoms with E-state index >= 15 is 0 Å². The van der Waals surface area contributed by atoms with Crippen molar-refractivity contribution in [1.29, 1.82) is 0 Å². The molecule has 0 aliphatic carbocycles. The van der Waals surface area contributed by atoms with Crippen molar-refractivity contribution in [3.05, 3.63) is 47.0 Å². The molecule has 0 spiro atoms. The Morgan fingerprint density at radius 1 is 1.11 bits per heavy atom. The molecule has 27 heavy (non-hydrogen) atoms. The van der Waals surface area contributed by atoms with E-state index in [0.717, 1.165) is 63.9 Å². The number of aliphatic imine (C=N–C) groups is 1. The van der Waals surface area contributed by atoms with Crippen LogP contribution in [-0.2, 0) is 13.0 Å². The van der Waals surface area contributed by atoms with E-state index in [9.17, 15) is 0 Å². The molecule has 6 nitrogen and oxygen atoms in total. The number of anilines is 1. The third-order valence-corrected chi connectivity index (χ3v) is 6.03. The van der Waals surface area contributed by atoms with Crippen molar-refractivity contribution in [3.63, 3.8) is 0 Å². The number of hydrogen-bond donors (Lipinski definition) is 1. The van der Waals surface area contributed by atoms with E-state index in [1.54, 1.807) is 11.3 Å². The minimum absolute atomic E-state index is 0. The highest BCUT2D eigenvalue weighted by molar-refractivity contribution is 14.0. The van der Waals surface area contributed by atoms with Gasteiger partial charge in [-0.15, -0.1) is 35.3 Å². The average Bonchev–Trinajstić information content (AvgIpc) is 3.23. The fourth-order valence-corrected chi connectivity index (χ4v) is 4.35. The van der Waals surface area contributed by atoms with Gasteiger partial charge in [0, 0.05) is 57.4 Å². The maximum atomic E-state index is 6.23. The van der Waals surface area contributed by atoms with E-state index in [0.29, 0.717) is 5.96 Å². The number of benzene rings is 1. The van der Waals surface area contributed by atoms with E-state index in [2.05, 4.69) is 48.9 Å². The van der Waals surface area contributed by atoms with Crippen molar-refractivity contribution in [2.75, 3.05) is 50.7 Å². The molecule has 0 atom stereocenters. The molecule has 0 saturated carbocycles. The molecule has 0 radical (unpaired) electrons. The first-order chi connectivity index (χ1) is 12.8. The molecule has 1 saturated heterocycles. The van der Waals surface area contributed by atoms with Gasteiger partial charge in [-0.1, -0.05) is 24.3 Å². The third-order valence-electron chi connectivity index (χ3n) is 5.19. The molecule has 2 aromatic rings. The first kappa shape index (κ1) is 20.3. The minimum atomic E-state index is 0. The maximum absolute atomic E-state index is 6.23. The molecule has 4 rings (SSSR count). The Morgan fingerprint density at radius 2 is 1.89 bits per heavy atom. The lowest BCUT2D eigenvalue weighted by Gasteiger charge is -2.35. The summed E-state index contributed by atoms with van der Waals surface area (Å²) in [5.74, 6) is 0.682. The predicted molar refractivity (Wildman–Crippen MR) is 123 cm³/mol. The molecule has 1 fully saturated rings. The van der Waals surface area contributed by atoms with Crippen LogP contribution in [0.15, 0.2) is 40.8 Å².